The lowest BCUT2D eigenvalue weighted by Gasteiger charge is -2.60. The lowest BCUT2D eigenvalue weighted by Crippen LogP contribution is -2.54. The second-order valence-electron chi connectivity index (χ2n) is 9.98. The lowest BCUT2D eigenvalue weighted by atomic mass is 9.44. The first kappa shape index (κ1) is 17.9. The number of alkyl halides is 1. The highest BCUT2D eigenvalue weighted by Crippen LogP contribution is 2.67. The van der Waals surface area contributed by atoms with E-state index < -0.39 is 18.7 Å². The minimum absolute atomic E-state index is 0.142. The summed E-state index contributed by atoms with van der Waals surface area (Å²) < 4.78 is 14.8. The lowest BCUT2D eigenvalue weighted by molar-refractivity contribution is -0.142. The van der Waals surface area contributed by atoms with Gasteiger partial charge in [-0.05, 0) is 85.9 Å². The van der Waals surface area contributed by atoms with Gasteiger partial charge in [-0.25, -0.2) is 4.39 Å². The molecule has 0 spiro atoms. The molecule has 4 fully saturated rings. The predicted octanol–water partition coefficient (Wildman–Crippen LogP) is 3.52. The molecule has 142 valence electrons. The molecule has 4 aliphatic carbocycles. The third-order valence-electron chi connectivity index (χ3n) is 9.13. The Hall–Kier alpha value is -0.480. The highest BCUT2D eigenvalue weighted by Gasteiger charge is 2.63. The molecule has 4 rings (SSSR count). The second kappa shape index (κ2) is 6.02. The van der Waals surface area contributed by atoms with Crippen LogP contribution in [0.1, 0.15) is 65.2 Å². The van der Waals surface area contributed by atoms with Crippen LogP contribution < -0.4 is 0 Å². The van der Waals surface area contributed by atoms with E-state index in [4.69, 9.17) is 0 Å². The number of ketones is 1. The number of Topliss-reactive ketones (excluding diaryl/α,β-unsaturated/α-hetero) is 1. The molecule has 0 aromatic carbocycles. The average Bonchev–Trinajstić information content (AvgIpc) is 2.85. The summed E-state index contributed by atoms with van der Waals surface area (Å²) in [5, 5.41) is 19.4. The highest BCUT2D eigenvalue weighted by molar-refractivity contribution is 5.83. The summed E-state index contributed by atoms with van der Waals surface area (Å²) in [5.74, 6) is 1.07. The van der Waals surface area contributed by atoms with E-state index in [0.29, 0.717) is 24.2 Å². The largest absolute Gasteiger partial charge is 0.393 e. The maximum atomic E-state index is 14.8. The van der Waals surface area contributed by atoms with Crippen LogP contribution in [0.4, 0.5) is 4.39 Å². The van der Waals surface area contributed by atoms with Crippen molar-refractivity contribution in [3.05, 3.63) is 0 Å². The highest BCUT2D eigenvalue weighted by atomic mass is 19.1. The maximum Gasteiger partial charge on any atom is 0.164 e. The zero-order chi connectivity index (χ0) is 18.0. The Morgan fingerprint density at radius 2 is 1.76 bits per heavy atom. The number of rotatable bonds is 2. The fraction of sp³-hybridized carbons (Fsp3) is 0.952. The molecule has 0 amide bonds. The molecule has 0 radical (unpaired) electrons. The number of hydrogen-bond donors (Lipinski definition) is 2. The molecule has 0 aliphatic heterocycles. The molecular formula is C21H33FO3. The summed E-state index contributed by atoms with van der Waals surface area (Å²) in [5.41, 5.74) is -0.00780. The summed E-state index contributed by atoms with van der Waals surface area (Å²) in [6.45, 7) is 4.01. The number of halogens is 1. The number of hydrogen-bond acceptors (Lipinski definition) is 3. The molecule has 0 unspecified atom stereocenters. The molecule has 3 nitrogen and oxygen atoms in total. The normalized spacial score (nSPS) is 55.2. The molecule has 4 saturated carbocycles. The molecule has 0 saturated heterocycles. The van der Waals surface area contributed by atoms with E-state index in [1.165, 1.54) is 0 Å². The summed E-state index contributed by atoms with van der Waals surface area (Å²) >= 11 is 0. The van der Waals surface area contributed by atoms with E-state index >= 15 is 0 Å². The standard InChI is InChI=1S/C21H33FO3/c1-20-7-5-13(24)9-12(20)3-4-14-15(20)6-8-21(2)16(14)10-17(22)19(21)18(25)11-23/h12-17,19,23-24H,3-11H2,1-2H3/t12-,13-,14-,15+,16+,17-,19-,20+,21+/m1/s1. The van der Waals surface area contributed by atoms with Crippen molar-refractivity contribution in [2.24, 2.45) is 40.4 Å². The van der Waals surface area contributed by atoms with Crippen molar-refractivity contribution in [2.45, 2.75) is 77.5 Å². The molecule has 0 aromatic rings. The van der Waals surface area contributed by atoms with E-state index in [1.807, 2.05) is 0 Å². The zero-order valence-electron chi connectivity index (χ0n) is 15.6. The van der Waals surface area contributed by atoms with Crippen LogP contribution in [0, 0.1) is 40.4 Å². The van der Waals surface area contributed by atoms with Gasteiger partial charge in [0.15, 0.2) is 5.78 Å². The Labute approximate surface area is 150 Å². The third kappa shape index (κ3) is 2.46. The minimum atomic E-state index is -1.09. The van der Waals surface area contributed by atoms with Gasteiger partial charge in [0, 0.05) is 0 Å². The predicted molar refractivity (Wildman–Crippen MR) is 93.6 cm³/mol. The van der Waals surface area contributed by atoms with E-state index in [2.05, 4.69) is 13.8 Å². The topological polar surface area (TPSA) is 57.5 Å². The summed E-state index contributed by atoms with van der Waals surface area (Å²) in [7, 11) is 0. The van der Waals surface area contributed by atoms with Gasteiger partial charge < -0.3 is 10.2 Å². The molecule has 0 aromatic heterocycles. The number of carbonyl (C=O) groups excluding carboxylic acids is 1. The fourth-order valence-corrected chi connectivity index (χ4v) is 7.87. The first-order valence-corrected chi connectivity index (χ1v) is 10.3. The quantitative estimate of drug-likeness (QED) is 0.799. The van der Waals surface area contributed by atoms with Crippen molar-refractivity contribution in [3.8, 4) is 0 Å². The van der Waals surface area contributed by atoms with Crippen molar-refractivity contribution in [2.75, 3.05) is 6.61 Å². The van der Waals surface area contributed by atoms with Crippen LogP contribution in [-0.2, 0) is 4.79 Å². The first-order valence-electron chi connectivity index (χ1n) is 10.3. The molecule has 25 heavy (non-hydrogen) atoms. The van der Waals surface area contributed by atoms with Crippen molar-refractivity contribution in [1.29, 1.82) is 0 Å². The van der Waals surface area contributed by atoms with E-state index in [-0.39, 0.29) is 28.6 Å². The summed E-state index contributed by atoms with van der Waals surface area (Å²) in [4.78, 5) is 12.3. The fourth-order valence-electron chi connectivity index (χ4n) is 7.87. The van der Waals surface area contributed by atoms with Gasteiger partial charge in [-0.1, -0.05) is 13.8 Å². The van der Waals surface area contributed by atoms with Crippen molar-refractivity contribution in [3.63, 3.8) is 0 Å². The van der Waals surface area contributed by atoms with Crippen LogP contribution in [-0.4, -0.2) is 34.9 Å². The van der Waals surface area contributed by atoms with Gasteiger partial charge in [-0.15, -0.1) is 0 Å². The number of aliphatic hydroxyl groups excluding tert-OH is 2. The monoisotopic (exact) mass is 352 g/mol. The van der Waals surface area contributed by atoms with E-state index in [9.17, 15) is 19.4 Å². The van der Waals surface area contributed by atoms with Crippen LogP contribution >= 0.6 is 0 Å². The van der Waals surface area contributed by atoms with Gasteiger partial charge in [0.05, 0.1) is 12.0 Å². The Kier molecular flexibility index (Phi) is 4.31. The number of carbonyl (C=O) groups is 1. The molecule has 9 atom stereocenters. The van der Waals surface area contributed by atoms with Gasteiger partial charge in [0.1, 0.15) is 12.8 Å². The van der Waals surface area contributed by atoms with Crippen molar-refractivity contribution >= 4 is 5.78 Å². The number of aliphatic hydroxyl groups is 2. The maximum absolute atomic E-state index is 14.8. The van der Waals surface area contributed by atoms with Gasteiger partial charge in [0.25, 0.3) is 0 Å². The summed E-state index contributed by atoms with van der Waals surface area (Å²) in [6, 6.07) is 0. The van der Waals surface area contributed by atoms with E-state index in [1.54, 1.807) is 0 Å². The Balaban J connectivity index is 1.63. The van der Waals surface area contributed by atoms with Crippen LogP contribution in [0.25, 0.3) is 0 Å². The zero-order valence-corrected chi connectivity index (χ0v) is 15.6. The first-order chi connectivity index (χ1) is 11.8. The average molecular weight is 352 g/mol. The minimum Gasteiger partial charge on any atom is -0.393 e. The van der Waals surface area contributed by atoms with Gasteiger partial charge in [-0.2, -0.15) is 0 Å². The Morgan fingerprint density at radius 1 is 1.04 bits per heavy atom. The van der Waals surface area contributed by atoms with Gasteiger partial charge in [0.2, 0.25) is 0 Å². The summed E-state index contributed by atoms with van der Waals surface area (Å²) in [6.07, 6.45) is 6.40. The SMILES string of the molecule is C[C@]12CC[C@@H](O)C[C@H]1CC[C@@H]1[C@@H]2CC[C@@]2(C)[C@H]1C[C@@H](F)[C@@H]2C(=O)CO. The Morgan fingerprint density at radius 3 is 2.48 bits per heavy atom. The van der Waals surface area contributed by atoms with Crippen LogP contribution in [0.5, 0.6) is 0 Å². The molecule has 2 N–H and O–H groups in total. The molecule has 4 aliphatic rings. The van der Waals surface area contributed by atoms with Crippen LogP contribution in [0.3, 0.4) is 0 Å². The van der Waals surface area contributed by atoms with Crippen molar-refractivity contribution < 1.29 is 19.4 Å². The smallest absolute Gasteiger partial charge is 0.164 e. The molecule has 0 bridgehead atoms. The Bertz CT molecular complexity index is 551. The van der Waals surface area contributed by atoms with Gasteiger partial charge >= 0.3 is 0 Å². The second-order valence-corrected chi connectivity index (χ2v) is 9.98. The van der Waals surface area contributed by atoms with Crippen LogP contribution in [0.15, 0.2) is 0 Å². The van der Waals surface area contributed by atoms with Gasteiger partial charge in [-0.3, -0.25) is 4.79 Å². The molecule has 0 heterocycles. The van der Waals surface area contributed by atoms with E-state index in [0.717, 1.165) is 44.9 Å². The third-order valence-corrected chi connectivity index (χ3v) is 9.13. The van der Waals surface area contributed by atoms with Crippen molar-refractivity contribution in [1.82, 2.24) is 0 Å². The van der Waals surface area contributed by atoms with Crippen LogP contribution in [0.2, 0.25) is 0 Å². The molecule has 4 heteroatoms. The molecular weight excluding hydrogens is 319 g/mol. The number of fused-ring (bicyclic) bond motifs is 5.